The molecule has 1 heterocycles. The molecule has 1 aliphatic rings. The van der Waals surface area contributed by atoms with Crippen LogP contribution in [0.5, 0.6) is 5.75 Å². The van der Waals surface area contributed by atoms with Gasteiger partial charge >= 0.3 is 5.97 Å². The van der Waals surface area contributed by atoms with E-state index in [2.05, 4.69) is 16.7 Å². The first-order valence-electron chi connectivity index (χ1n) is 12.5. The number of methoxy groups -OCH3 is 1. The van der Waals surface area contributed by atoms with E-state index in [9.17, 15) is 14.4 Å². The van der Waals surface area contributed by atoms with Crippen LogP contribution in [0.2, 0.25) is 10.0 Å². The zero-order chi connectivity index (χ0) is 28.4. The summed E-state index contributed by atoms with van der Waals surface area (Å²) in [5.74, 6) is -0.444. The Kier molecular flexibility index (Phi) is 11.3. The Hall–Kier alpha value is -3.45. The number of benzene rings is 2. The molecule has 11 heteroatoms. The van der Waals surface area contributed by atoms with Crippen LogP contribution in [-0.4, -0.2) is 80.2 Å². The maximum Gasteiger partial charge on any atom is 0.328 e. The standard InChI is InChI=1S/C28H32Cl2N4O5/c1-4-34-18-25(35)33(2)17-24(34)31-14-5-6-15-39-20-12-10-19(11-13-20)16-23(28(37)38-3)32-27(36)26-21(29)8-7-9-22(26)30/h1,7-13,23-24,31H,5-6,14-18H2,2-3H3,(H,32,36)/t23-,24?/m0/s1. The Labute approximate surface area is 238 Å². The Morgan fingerprint density at radius 2 is 1.85 bits per heavy atom. The molecule has 1 aliphatic heterocycles. The van der Waals surface area contributed by atoms with Crippen LogP contribution in [0.4, 0.5) is 0 Å². The van der Waals surface area contributed by atoms with Crippen LogP contribution in [0.25, 0.3) is 0 Å². The lowest BCUT2D eigenvalue weighted by Crippen LogP contribution is -2.58. The lowest BCUT2D eigenvalue weighted by atomic mass is 10.0. The summed E-state index contributed by atoms with van der Waals surface area (Å²) in [7, 11) is 3.03. The molecule has 2 amide bonds. The number of nitrogens with zero attached hydrogens (tertiary/aromatic N) is 2. The number of rotatable bonds is 12. The molecule has 0 aromatic heterocycles. The molecular formula is C28H32Cl2N4O5. The van der Waals surface area contributed by atoms with Crippen molar-refractivity contribution in [1.82, 2.24) is 20.4 Å². The third kappa shape index (κ3) is 8.52. The third-order valence-electron chi connectivity index (χ3n) is 6.28. The molecule has 1 unspecified atom stereocenters. The second-order valence-corrected chi connectivity index (χ2v) is 9.87. The molecule has 0 radical (unpaired) electrons. The third-order valence-corrected chi connectivity index (χ3v) is 6.91. The average molecular weight is 575 g/mol. The second-order valence-electron chi connectivity index (χ2n) is 9.05. The van der Waals surface area contributed by atoms with E-state index in [0.29, 0.717) is 18.9 Å². The molecule has 0 saturated carbocycles. The number of likely N-dealkylation sites (N-methyl/N-ethyl adjacent to an activating group) is 1. The van der Waals surface area contributed by atoms with Gasteiger partial charge in [-0.15, -0.1) is 0 Å². The van der Waals surface area contributed by atoms with Crippen LogP contribution in [0, 0.1) is 12.5 Å². The maximum absolute atomic E-state index is 12.8. The van der Waals surface area contributed by atoms with Crippen molar-refractivity contribution in [3.63, 3.8) is 0 Å². The van der Waals surface area contributed by atoms with Gasteiger partial charge in [-0.25, -0.2) is 4.79 Å². The lowest BCUT2D eigenvalue weighted by Gasteiger charge is -2.37. The number of esters is 1. The number of hydrogen-bond donors (Lipinski definition) is 2. The zero-order valence-corrected chi connectivity index (χ0v) is 23.4. The Morgan fingerprint density at radius 1 is 1.15 bits per heavy atom. The highest BCUT2D eigenvalue weighted by atomic mass is 35.5. The minimum Gasteiger partial charge on any atom is -0.494 e. The molecule has 2 atom stereocenters. The van der Waals surface area contributed by atoms with Crippen LogP contribution in [0.3, 0.4) is 0 Å². The average Bonchev–Trinajstić information content (AvgIpc) is 2.92. The van der Waals surface area contributed by atoms with Crippen molar-refractivity contribution in [3.05, 3.63) is 63.6 Å². The molecule has 0 aliphatic carbocycles. The first kappa shape index (κ1) is 30.1. The van der Waals surface area contributed by atoms with E-state index in [1.165, 1.54) is 7.11 Å². The van der Waals surface area contributed by atoms with E-state index < -0.39 is 17.9 Å². The van der Waals surface area contributed by atoms with Gasteiger partial charge in [0.25, 0.3) is 5.91 Å². The minimum absolute atomic E-state index is 0.0120. The van der Waals surface area contributed by atoms with E-state index >= 15 is 0 Å². The first-order chi connectivity index (χ1) is 18.7. The van der Waals surface area contributed by atoms with Crippen molar-refractivity contribution >= 4 is 41.0 Å². The highest BCUT2D eigenvalue weighted by Gasteiger charge is 2.28. The van der Waals surface area contributed by atoms with E-state index in [4.69, 9.17) is 39.1 Å². The molecule has 2 aromatic rings. The molecule has 3 rings (SSSR count). The maximum atomic E-state index is 12.8. The summed E-state index contributed by atoms with van der Waals surface area (Å²) in [5, 5.41) is 6.43. The summed E-state index contributed by atoms with van der Waals surface area (Å²) < 4.78 is 10.7. The number of terminal acetylenes is 1. The normalized spacial score (nSPS) is 15.9. The zero-order valence-electron chi connectivity index (χ0n) is 21.9. The van der Waals surface area contributed by atoms with Crippen LogP contribution in [0.15, 0.2) is 42.5 Å². The lowest BCUT2D eigenvalue weighted by molar-refractivity contribution is -0.142. The van der Waals surface area contributed by atoms with E-state index in [-0.39, 0.29) is 40.6 Å². The predicted molar refractivity (Wildman–Crippen MR) is 150 cm³/mol. The Balaban J connectivity index is 1.44. The molecule has 2 N–H and O–H groups in total. The second kappa shape index (κ2) is 14.6. The van der Waals surface area contributed by atoms with Gasteiger partial charge in [-0.2, -0.15) is 0 Å². The van der Waals surface area contributed by atoms with E-state index in [1.807, 2.05) is 24.3 Å². The smallest absolute Gasteiger partial charge is 0.328 e. The topological polar surface area (TPSA) is 100 Å². The fourth-order valence-corrected chi connectivity index (χ4v) is 4.64. The Bertz CT molecular complexity index is 1180. The Morgan fingerprint density at radius 3 is 2.49 bits per heavy atom. The largest absolute Gasteiger partial charge is 0.494 e. The van der Waals surface area contributed by atoms with Crippen LogP contribution < -0.4 is 15.4 Å². The van der Waals surface area contributed by atoms with E-state index in [1.54, 1.807) is 35.0 Å². The molecule has 1 saturated heterocycles. The summed E-state index contributed by atoms with van der Waals surface area (Å²) in [4.78, 5) is 40.3. The first-order valence-corrected chi connectivity index (χ1v) is 13.2. The van der Waals surface area contributed by atoms with Crippen LogP contribution in [-0.2, 0) is 20.7 Å². The summed E-state index contributed by atoms with van der Waals surface area (Å²) in [6, 6.07) is 13.7. The monoisotopic (exact) mass is 574 g/mol. The molecule has 2 aromatic carbocycles. The van der Waals surface area contributed by atoms with Crippen LogP contribution in [0.1, 0.15) is 28.8 Å². The molecule has 9 nitrogen and oxygen atoms in total. The van der Waals surface area contributed by atoms with Crippen molar-refractivity contribution < 1.29 is 23.9 Å². The van der Waals surface area contributed by atoms with Crippen molar-refractivity contribution in [2.75, 3.05) is 40.4 Å². The molecule has 0 spiro atoms. The number of halogens is 2. The number of piperazine rings is 1. The fourth-order valence-electron chi connectivity index (χ4n) is 4.07. The molecule has 208 valence electrons. The van der Waals surface area contributed by atoms with Crippen molar-refractivity contribution in [2.24, 2.45) is 0 Å². The number of hydrogen-bond acceptors (Lipinski definition) is 7. The molecule has 39 heavy (non-hydrogen) atoms. The van der Waals surface area contributed by atoms with Gasteiger partial charge < -0.3 is 24.6 Å². The predicted octanol–water partition coefficient (Wildman–Crippen LogP) is 2.95. The number of ether oxygens (including phenoxy) is 2. The number of carbonyl (C=O) groups is 3. The number of carbonyl (C=O) groups excluding carboxylic acids is 3. The van der Waals surface area contributed by atoms with Crippen LogP contribution >= 0.6 is 23.2 Å². The number of unbranched alkanes of at least 4 members (excludes halogenated alkanes) is 1. The number of nitrogens with one attached hydrogen (secondary N) is 2. The molecule has 0 bridgehead atoms. The molecule has 1 fully saturated rings. The van der Waals surface area contributed by atoms with Gasteiger partial charge in [-0.05, 0) is 49.2 Å². The number of amides is 2. The van der Waals surface area contributed by atoms with Gasteiger partial charge in [0.15, 0.2) is 0 Å². The SMILES string of the molecule is C#CN1CC(=O)N(C)CC1NCCCCOc1ccc(C[C@H](NC(=O)c2c(Cl)cccc2Cl)C(=O)OC)cc1. The van der Waals surface area contributed by atoms with Crippen molar-refractivity contribution in [1.29, 1.82) is 0 Å². The van der Waals surface area contributed by atoms with Gasteiger partial charge in [-0.3, -0.25) is 14.9 Å². The van der Waals surface area contributed by atoms with Gasteiger partial charge in [0.05, 0.1) is 35.9 Å². The minimum atomic E-state index is -0.929. The van der Waals surface area contributed by atoms with Gasteiger partial charge in [0.2, 0.25) is 5.91 Å². The van der Waals surface area contributed by atoms with Gasteiger partial charge in [0.1, 0.15) is 24.5 Å². The van der Waals surface area contributed by atoms with Gasteiger partial charge in [-0.1, -0.05) is 47.8 Å². The summed E-state index contributed by atoms with van der Waals surface area (Å²) >= 11 is 12.3. The highest BCUT2D eigenvalue weighted by molar-refractivity contribution is 6.39. The van der Waals surface area contributed by atoms with Crippen molar-refractivity contribution in [2.45, 2.75) is 31.5 Å². The molecular weight excluding hydrogens is 543 g/mol. The highest BCUT2D eigenvalue weighted by Crippen LogP contribution is 2.24. The van der Waals surface area contributed by atoms with Crippen molar-refractivity contribution in [3.8, 4) is 18.2 Å². The quantitative estimate of drug-likeness (QED) is 0.228. The summed E-state index contributed by atoms with van der Waals surface area (Å²) in [5.41, 5.74) is 0.907. The summed E-state index contributed by atoms with van der Waals surface area (Å²) in [6.07, 6.45) is 7.38. The summed E-state index contributed by atoms with van der Waals surface area (Å²) in [6.45, 7) is 2.03. The van der Waals surface area contributed by atoms with E-state index in [0.717, 1.165) is 24.9 Å². The van der Waals surface area contributed by atoms with Gasteiger partial charge in [0, 0.05) is 19.5 Å². The fraction of sp³-hybridized carbons (Fsp3) is 0.393.